The van der Waals surface area contributed by atoms with Crippen molar-refractivity contribution in [3.05, 3.63) is 45.5 Å². The molecule has 0 radical (unpaired) electrons. The third-order valence-corrected chi connectivity index (χ3v) is 9.09. The monoisotopic (exact) mass is 476 g/mol. The number of amides is 1. The Kier molecular flexibility index (Phi) is 5.00. The molecule has 0 bridgehead atoms. The quantitative estimate of drug-likeness (QED) is 0.325. The molecule has 1 saturated heterocycles. The van der Waals surface area contributed by atoms with E-state index in [1.807, 2.05) is 36.2 Å². The van der Waals surface area contributed by atoms with Crippen LogP contribution in [0.5, 0.6) is 0 Å². The van der Waals surface area contributed by atoms with Crippen LogP contribution in [-0.4, -0.2) is 49.8 Å². The number of rotatable bonds is 6. The Hall–Kier alpha value is -2.14. The van der Waals surface area contributed by atoms with Gasteiger partial charge in [0.05, 0.1) is 22.9 Å². The first kappa shape index (κ1) is 20.7. The van der Waals surface area contributed by atoms with Gasteiger partial charge in [-0.15, -0.1) is 11.3 Å². The average Bonchev–Trinajstić information content (AvgIpc) is 3.44. The zero-order chi connectivity index (χ0) is 22.0. The molecule has 0 aromatic carbocycles. The number of β-lactam (4-membered cyclic amide) rings is 1. The zero-order valence-corrected chi connectivity index (χ0v) is 19.6. The van der Waals surface area contributed by atoms with Gasteiger partial charge < -0.3 is 15.1 Å². The van der Waals surface area contributed by atoms with Crippen molar-refractivity contribution in [2.24, 2.45) is 11.8 Å². The second kappa shape index (κ2) is 7.47. The minimum absolute atomic E-state index is 0.0565. The van der Waals surface area contributed by atoms with E-state index < -0.39 is 18.0 Å². The van der Waals surface area contributed by atoms with E-state index in [1.54, 1.807) is 41.4 Å². The number of carboxylic acid groups (broad SMARTS) is 1. The lowest BCUT2D eigenvalue weighted by Gasteiger charge is -2.46. The molecule has 5 heterocycles. The second-order valence-corrected chi connectivity index (χ2v) is 10.8. The molecule has 3 aromatic rings. The van der Waals surface area contributed by atoms with Gasteiger partial charge >= 0.3 is 5.97 Å². The molecule has 4 atom stereocenters. The minimum Gasteiger partial charge on any atom is -0.477 e. The number of aliphatic hydroxyl groups excluding tert-OH is 1. The van der Waals surface area contributed by atoms with Crippen LogP contribution in [-0.2, 0) is 16.1 Å². The number of carbonyl (C=O) groups excluding carboxylic acids is 1. The third kappa shape index (κ3) is 3.00. The number of thiophene rings is 1. The summed E-state index contributed by atoms with van der Waals surface area (Å²) in [5, 5.41) is 23.2. The Balaban J connectivity index is 1.58. The Morgan fingerprint density at radius 2 is 2.19 bits per heavy atom. The largest absolute Gasteiger partial charge is 0.477 e. The highest BCUT2D eigenvalue weighted by atomic mass is 32.2. The highest BCUT2D eigenvalue weighted by Crippen LogP contribution is 2.51. The maximum atomic E-state index is 12.6. The van der Waals surface area contributed by atoms with Crippen molar-refractivity contribution in [2.75, 3.05) is 6.26 Å². The summed E-state index contributed by atoms with van der Waals surface area (Å²) in [7, 11) is 0. The van der Waals surface area contributed by atoms with E-state index in [-0.39, 0.29) is 23.6 Å². The van der Waals surface area contributed by atoms with Crippen molar-refractivity contribution in [1.29, 1.82) is 0 Å². The number of thiazole rings is 1. The Bertz CT molecular complexity index is 1220. The predicted molar refractivity (Wildman–Crippen MR) is 120 cm³/mol. The first-order chi connectivity index (χ1) is 14.8. The zero-order valence-electron chi connectivity index (χ0n) is 17.2. The molecule has 1 amide bonds. The SMILES string of the molecule is CSc1c2sc(C3=C(C(=O)O)N4C(=O)[C@H]([C@@H](C)O)[C@H]4[C@H]3C)cn2c[n+]1Cc1cccs1. The molecule has 2 aliphatic heterocycles. The first-order valence-electron chi connectivity index (χ1n) is 9.92. The lowest BCUT2D eigenvalue weighted by molar-refractivity contribution is -0.721. The van der Waals surface area contributed by atoms with Gasteiger partial charge in [0.2, 0.25) is 15.8 Å². The van der Waals surface area contributed by atoms with Crippen molar-refractivity contribution in [3.8, 4) is 0 Å². The van der Waals surface area contributed by atoms with Crippen LogP contribution in [0.2, 0.25) is 0 Å². The molecule has 7 nitrogen and oxygen atoms in total. The fourth-order valence-corrected chi connectivity index (χ4v) is 7.72. The number of aromatic nitrogens is 2. The predicted octanol–water partition coefficient (Wildman–Crippen LogP) is 2.77. The lowest BCUT2D eigenvalue weighted by Crippen LogP contribution is -2.63. The molecule has 0 unspecified atom stereocenters. The van der Waals surface area contributed by atoms with Gasteiger partial charge in [0.15, 0.2) is 0 Å². The number of thioether (sulfide) groups is 1. The topological polar surface area (TPSA) is 86.1 Å². The maximum absolute atomic E-state index is 12.6. The summed E-state index contributed by atoms with van der Waals surface area (Å²) in [6.07, 6.45) is 5.24. The van der Waals surface area contributed by atoms with Gasteiger partial charge in [-0.25, -0.2) is 9.36 Å². The molecule has 2 aliphatic rings. The molecule has 0 aliphatic carbocycles. The second-order valence-electron chi connectivity index (χ2n) is 7.96. The molecule has 5 rings (SSSR count). The van der Waals surface area contributed by atoms with E-state index in [4.69, 9.17) is 0 Å². The van der Waals surface area contributed by atoms with Crippen LogP contribution in [0.25, 0.3) is 10.4 Å². The van der Waals surface area contributed by atoms with E-state index >= 15 is 0 Å². The first-order valence-corrected chi connectivity index (χ1v) is 12.8. The van der Waals surface area contributed by atoms with Crippen molar-refractivity contribution in [3.63, 3.8) is 0 Å². The average molecular weight is 477 g/mol. The summed E-state index contributed by atoms with van der Waals surface area (Å²) in [6, 6.07) is 3.85. The normalized spacial score (nSPS) is 24.1. The number of nitrogens with zero attached hydrogens (tertiary/aromatic N) is 3. The van der Waals surface area contributed by atoms with Gasteiger partial charge in [0.25, 0.3) is 6.33 Å². The van der Waals surface area contributed by atoms with Gasteiger partial charge in [-0.1, -0.05) is 36.1 Å². The molecular weight excluding hydrogens is 454 g/mol. The van der Waals surface area contributed by atoms with Gasteiger partial charge in [0.1, 0.15) is 18.4 Å². The number of aliphatic carboxylic acids is 1. The Morgan fingerprint density at radius 1 is 1.42 bits per heavy atom. The molecule has 162 valence electrons. The standard InChI is InChI=1S/C21H21N3O4S3/c1-10-14(17(21(27)28)24-16(10)15(11(2)25)18(24)26)13-8-23-9-22(7-12-5-4-6-30-12)19(29-3)20(23)31-13/h4-6,8-11,15-16,25H,7H2,1-3H3/p+1/t10-,11+,15+,16+/m0/s1. The molecule has 1 fully saturated rings. The highest BCUT2D eigenvalue weighted by molar-refractivity contribution is 7.98. The van der Waals surface area contributed by atoms with Gasteiger partial charge in [-0.2, -0.15) is 4.40 Å². The van der Waals surface area contributed by atoms with Crippen molar-refractivity contribution in [2.45, 2.75) is 37.6 Å². The number of hydrogen-bond donors (Lipinski definition) is 2. The van der Waals surface area contributed by atoms with Crippen LogP contribution in [0.3, 0.4) is 0 Å². The lowest BCUT2D eigenvalue weighted by atomic mass is 9.77. The van der Waals surface area contributed by atoms with E-state index in [2.05, 4.69) is 16.0 Å². The summed E-state index contributed by atoms with van der Waals surface area (Å²) in [5.41, 5.74) is 0.737. The Labute approximate surface area is 191 Å². The van der Waals surface area contributed by atoms with Crippen LogP contribution in [0.4, 0.5) is 0 Å². The van der Waals surface area contributed by atoms with Crippen LogP contribution >= 0.6 is 34.4 Å². The number of carboxylic acids is 1. The molecule has 0 saturated carbocycles. The molecule has 31 heavy (non-hydrogen) atoms. The van der Waals surface area contributed by atoms with Crippen LogP contribution < -0.4 is 4.57 Å². The number of aliphatic hydroxyl groups is 1. The molecule has 3 aromatic heterocycles. The number of hydrogen-bond acceptors (Lipinski definition) is 6. The molecule has 2 N–H and O–H groups in total. The summed E-state index contributed by atoms with van der Waals surface area (Å²) in [6.45, 7) is 4.33. The third-order valence-electron chi connectivity index (χ3n) is 6.14. The van der Waals surface area contributed by atoms with Crippen molar-refractivity contribution >= 4 is 56.7 Å². The molecule has 10 heteroatoms. The van der Waals surface area contributed by atoms with Gasteiger partial charge in [0, 0.05) is 16.4 Å². The van der Waals surface area contributed by atoms with E-state index in [0.717, 1.165) is 21.3 Å². The Morgan fingerprint density at radius 3 is 2.81 bits per heavy atom. The number of imidazole rings is 1. The van der Waals surface area contributed by atoms with E-state index in [0.29, 0.717) is 5.57 Å². The number of carbonyl (C=O) groups is 2. The van der Waals surface area contributed by atoms with Crippen LogP contribution in [0.15, 0.2) is 40.8 Å². The van der Waals surface area contributed by atoms with Gasteiger partial charge in [-0.05, 0) is 24.6 Å². The maximum Gasteiger partial charge on any atom is 0.352 e. The van der Waals surface area contributed by atoms with Crippen molar-refractivity contribution in [1.82, 2.24) is 9.30 Å². The summed E-state index contributed by atoms with van der Waals surface area (Å²) >= 11 is 4.93. The summed E-state index contributed by atoms with van der Waals surface area (Å²) in [5.74, 6) is -2.12. The molecule has 0 spiro atoms. The highest BCUT2D eigenvalue weighted by Gasteiger charge is 2.60. The fraction of sp³-hybridized carbons (Fsp3) is 0.381. The van der Waals surface area contributed by atoms with Gasteiger partial charge in [-0.3, -0.25) is 4.79 Å². The van der Waals surface area contributed by atoms with Crippen LogP contribution in [0.1, 0.15) is 23.6 Å². The molecular formula is C21H22N3O4S3+. The van der Waals surface area contributed by atoms with Crippen molar-refractivity contribution < 1.29 is 24.4 Å². The number of fused-ring (bicyclic) bond motifs is 2. The smallest absolute Gasteiger partial charge is 0.352 e. The van der Waals surface area contributed by atoms with E-state index in [1.165, 1.54) is 9.78 Å². The van der Waals surface area contributed by atoms with Crippen LogP contribution in [0, 0.1) is 11.8 Å². The summed E-state index contributed by atoms with van der Waals surface area (Å²) in [4.78, 5) is 29.3. The summed E-state index contributed by atoms with van der Waals surface area (Å²) < 4.78 is 4.25. The fourth-order valence-electron chi connectivity index (χ4n) is 4.84. The minimum atomic E-state index is -1.10. The van der Waals surface area contributed by atoms with E-state index in [9.17, 15) is 19.8 Å².